The fourth-order valence-corrected chi connectivity index (χ4v) is 3.22. The van der Waals surface area contributed by atoms with E-state index in [0.29, 0.717) is 5.56 Å². The summed E-state index contributed by atoms with van der Waals surface area (Å²) in [6.45, 7) is 1.77. The molecule has 1 aromatic heterocycles. The first-order valence-electron chi connectivity index (χ1n) is 6.78. The van der Waals surface area contributed by atoms with Crippen LogP contribution >= 0.6 is 11.5 Å². The normalized spacial score (nSPS) is 13.3. The Morgan fingerprint density at radius 3 is 3.00 bits per heavy atom. The summed E-state index contributed by atoms with van der Waals surface area (Å²) in [5.41, 5.74) is 4.05. The Morgan fingerprint density at radius 2 is 2.05 bits per heavy atom. The Labute approximate surface area is 126 Å². The Balaban J connectivity index is 1.60. The SMILES string of the molecule is O=C(Nc1ccc2c(c1)CNC2)c1ccc2sncc2c1. The van der Waals surface area contributed by atoms with E-state index in [1.807, 2.05) is 30.3 Å². The fraction of sp³-hybridized carbons (Fsp3) is 0.125. The number of fused-ring (bicyclic) bond motifs is 2. The highest BCUT2D eigenvalue weighted by molar-refractivity contribution is 7.13. The minimum absolute atomic E-state index is 0.0889. The lowest BCUT2D eigenvalue weighted by Gasteiger charge is -2.07. The molecule has 0 atom stereocenters. The molecule has 4 nitrogen and oxygen atoms in total. The molecule has 0 aliphatic carbocycles. The number of carbonyl (C=O) groups excluding carboxylic acids is 1. The summed E-state index contributed by atoms with van der Waals surface area (Å²) >= 11 is 1.44. The molecule has 0 unspecified atom stereocenters. The zero-order valence-corrected chi connectivity index (χ0v) is 12.0. The summed E-state index contributed by atoms with van der Waals surface area (Å²) in [5, 5.41) is 7.27. The van der Waals surface area contributed by atoms with Gasteiger partial charge in [0.05, 0.1) is 4.70 Å². The molecule has 5 heteroatoms. The maximum atomic E-state index is 12.3. The summed E-state index contributed by atoms with van der Waals surface area (Å²) in [7, 11) is 0. The van der Waals surface area contributed by atoms with Crippen LogP contribution in [0.25, 0.3) is 10.1 Å². The summed E-state index contributed by atoms with van der Waals surface area (Å²) in [4.78, 5) is 12.3. The van der Waals surface area contributed by atoms with Gasteiger partial charge in [-0.05, 0) is 53.0 Å². The average molecular weight is 295 g/mol. The molecule has 104 valence electrons. The number of anilines is 1. The minimum atomic E-state index is -0.0889. The summed E-state index contributed by atoms with van der Waals surface area (Å²) < 4.78 is 5.22. The van der Waals surface area contributed by atoms with Gasteiger partial charge in [0.2, 0.25) is 0 Å². The van der Waals surface area contributed by atoms with Crippen molar-refractivity contribution in [2.75, 3.05) is 5.32 Å². The molecule has 0 saturated heterocycles. The number of hydrogen-bond acceptors (Lipinski definition) is 4. The van der Waals surface area contributed by atoms with Crippen LogP contribution in [0.2, 0.25) is 0 Å². The van der Waals surface area contributed by atoms with Crippen molar-refractivity contribution in [1.29, 1.82) is 0 Å². The maximum absolute atomic E-state index is 12.3. The van der Waals surface area contributed by atoms with E-state index < -0.39 is 0 Å². The van der Waals surface area contributed by atoms with Crippen molar-refractivity contribution in [3.63, 3.8) is 0 Å². The second-order valence-electron chi connectivity index (χ2n) is 5.12. The van der Waals surface area contributed by atoms with Crippen molar-refractivity contribution in [3.8, 4) is 0 Å². The largest absolute Gasteiger partial charge is 0.322 e. The summed E-state index contributed by atoms with van der Waals surface area (Å²) in [5.74, 6) is -0.0889. The quantitative estimate of drug-likeness (QED) is 0.763. The van der Waals surface area contributed by atoms with Crippen molar-refractivity contribution in [3.05, 3.63) is 59.3 Å². The summed E-state index contributed by atoms with van der Waals surface area (Å²) in [6, 6.07) is 11.7. The third kappa shape index (κ3) is 2.30. The first-order valence-corrected chi connectivity index (χ1v) is 7.55. The number of nitrogens with one attached hydrogen (secondary N) is 2. The molecular formula is C16H13N3OS. The highest BCUT2D eigenvalue weighted by Gasteiger charge is 2.12. The minimum Gasteiger partial charge on any atom is -0.322 e. The van der Waals surface area contributed by atoms with Gasteiger partial charge in [0.1, 0.15) is 0 Å². The van der Waals surface area contributed by atoms with Gasteiger partial charge >= 0.3 is 0 Å². The standard InChI is InChI=1S/C16H13N3OS/c20-16(10-2-4-15-13(5-10)9-18-21-15)19-14-3-1-11-7-17-8-12(11)6-14/h1-6,9,17H,7-8H2,(H,19,20). The molecule has 3 aromatic rings. The van der Waals surface area contributed by atoms with Crippen molar-refractivity contribution in [2.45, 2.75) is 13.1 Å². The van der Waals surface area contributed by atoms with E-state index in [-0.39, 0.29) is 5.91 Å². The van der Waals surface area contributed by atoms with E-state index in [1.54, 1.807) is 6.20 Å². The Hall–Kier alpha value is -2.24. The lowest BCUT2D eigenvalue weighted by atomic mass is 10.1. The van der Waals surface area contributed by atoms with Crippen LogP contribution in [0.15, 0.2) is 42.6 Å². The average Bonchev–Trinajstić information content (AvgIpc) is 3.14. The molecule has 2 N–H and O–H groups in total. The molecule has 1 aliphatic heterocycles. The number of carbonyl (C=O) groups is 1. The highest BCUT2D eigenvalue weighted by atomic mass is 32.1. The number of nitrogens with zero attached hydrogens (tertiary/aromatic N) is 1. The lowest BCUT2D eigenvalue weighted by molar-refractivity contribution is 0.102. The van der Waals surface area contributed by atoms with Gasteiger partial charge in [-0.25, -0.2) is 0 Å². The van der Waals surface area contributed by atoms with Gasteiger partial charge in [-0.1, -0.05) is 6.07 Å². The van der Waals surface area contributed by atoms with Crippen LogP contribution in [-0.4, -0.2) is 10.3 Å². The second-order valence-corrected chi connectivity index (χ2v) is 5.95. The van der Waals surface area contributed by atoms with Crippen LogP contribution in [0.4, 0.5) is 5.69 Å². The smallest absolute Gasteiger partial charge is 0.255 e. The third-order valence-corrected chi connectivity index (χ3v) is 4.49. The van der Waals surface area contributed by atoms with Gasteiger partial charge in [-0.3, -0.25) is 4.79 Å². The van der Waals surface area contributed by atoms with Crippen molar-refractivity contribution >= 4 is 33.2 Å². The monoisotopic (exact) mass is 295 g/mol. The van der Waals surface area contributed by atoms with Crippen molar-refractivity contribution in [2.24, 2.45) is 0 Å². The van der Waals surface area contributed by atoms with Gasteiger partial charge in [0.15, 0.2) is 0 Å². The van der Waals surface area contributed by atoms with E-state index in [2.05, 4.69) is 21.1 Å². The topological polar surface area (TPSA) is 54.0 Å². The zero-order valence-electron chi connectivity index (χ0n) is 11.2. The lowest BCUT2D eigenvalue weighted by Crippen LogP contribution is -2.11. The molecule has 0 bridgehead atoms. The highest BCUT2D eigenvalue weighted by Crippen LogP contribution is 2.22. The van der Waals surface area contributed by atoms with Crippen LogP contribution in [0.3, 0.4) is 0 Å². The molecular weight excluding hydrogens is 282 g/mol. The van der Waals surface area contributed by atoms with E-state index in [1.165, 1.54) is 22.7 Å². The first kappa shape index (κ1) is 12.5. The van der Waals surface area contributed by atoms with Crippen molar-refractivity contribution in [1.82, 2.24) is 9.69 Å². The molecule has 2 heterocycles. The van der Waals surface area contributed by atoms with Crippen LogP contribution in [0.1, 0.15) is 21.5 Å². The molecule has 0 fully saturated rings. The second kappa shape index (κ2) is 4.95. The number of hydrogen-bond donors (Lipinski definition) is 2. The third-order valence-electron chi connectivity index (χ3n) is 3.71. The van der Waals surface area contributed by atoms with E-state index in [9.17, 15) is 4.79 Å². The Kier molecular flexibility index (Phi) is 2.94. The molecule has 1 aliphatic rings. The van der Waals surface area contributed by atoms with Gasteiger partial charge in [-0.15, -0.1) is 0 Å². The molecule has 4 rings (SSSR count). The van der Waals surface area contributed by atoms with Crippen LogP contribution in [0, 0.1) is 0 Å². The molecule has 1 amide bonds. The predicted octanol–water partition coefficient (Wildman–Crippen LogP) is 3.15. The van der Waals surface area contributed by atoms with Gasteiger partial charge in [0, 0.05) is 35.9 Å². The number of benzene rings is 2. The van der Waals surface area contributed by atoms with E-state index >= 15 is 0 Å². The van der Waals surface area contributed by atoms with Crippen LogP contribution in [-0.2, 0) is 13.1 Å². The van der Waals surface area contributed by atoms with Gasteiger partial charge in [0.25, 0.3) is 5.91 Å². The van der Waals surface area contributed by atoms with Crippen molar-refractivity contribution < 1.29 is 4.79 Å². The molecule has 2 aromatic carbocycles. The number of amides is 1. The van der Waals surface area contributed by atoms with Crippen LogP contribution in [0.5, 0.6) is 0 Å². The Morgan fingerprint density at radius 1 is 1.14 bits per heavy atom. The van der Waals surface area contributed by atoms with Gasteiger partial charge < -0.3 is 10.6 Å². The number of rotatable bonds is 2. The molecule has 0 saturated carbocycles. The van der Waals surface area contributed by atoms with Gasteiger partial charge in [-0.2, -0.15) is 4.37 Å². The van der Waals surface area contributed by atoms with E-state index in [4.69, 9.17) is 0 Å². The Bertz CT molecular complexity index is 840. The van der Waals surface area contributed by atoms with Crippen LogP contribution < -0.4 is 10.6 Å². The van der Waals surface area contributed by atoms with E-state index in [0.717, 1.165) is 28.9 Å². The molecule has 0 radical (unpaired) electrons. The maximum Gasteiger partial charge on any atom is 0.255 e. The summed E-state index contributed by atoms with van der Waals surface area (Å²) in [6.07, 6.45) is 1.79. The first-order chi connectivity index (χ1) is 10.3. The number of aromatic nitrogens is 1. The zero-order chi connectivity index (χ0) is 14.2. The predicted molar refractivity (Wildman–Crippen MR) is 84.6 cm³/mol. The molecule has 21 heavy (non-hydrogen) atoms. The fourth-order valence-electron chi connectivity index (χ4n) is 2.59. The molecule has 0 spiro atoms.